The summed E-state index contributed by atoms with van der Waals surface area (Å²) in [4.78, 5) is 27.6. The van der Waals surface area contributed by atoms with Crippen LogP contribution in [0.4, 0.5) is 4.39 Å². The molecular formula is C24H32FN3O2. The first kappa shape index (κ1) is 23.5. The fourth-order valence-corrected chi connectivity index (χ4v) is 3.23. The lowest BCUT2D eigenvalue weighted by atomic mass is 10.0. The van der Waals surface area contributed by atoms with Crippen LogP contribution in [0.2, 0.25) is 0 Å². The van der Waals surface area contributed by atoms with E-state index in [9.17, 15) is 14.0 Å². The predicted octanol–water partition coefficient (Wildman–Crippen LogP) is 3.74. The first-order chi connectivity index (χ1) is 14.3. The number of hydrogen-bond donors (Lipinski definition) is 2. The lowest BCUT2D eigenvalue weighted by molar-refractivity contribution is -0.124. The Morgan fingerprint density at radius 3 is 2.13 bits per heavy atom. The number of carbonyl (C=O) groups is 2. The fourth-order valence-electron chi connectivity index (χ4n) is 3.23. The highest BCUT2D eigenvalue weighted by Gasteiger charge is 2.24. The van der Waals surface area contributed by atoms with Crippen LogP contribution in [-0.4, -0.2) is 35.8 Å². The summed E-state index contributed by atoms with van der Waals surface area (Å²) in [6.07, 6.45) is 0. The van der Waals surface area contributed by atoms with Gasteiger partial charge in [0.25, 0.3) is 5.91 Å². The SMILES string of the molecule is CCN(CC)Cc1ccccc1CNC(=O)[C@@H](NC(=O)c1ccc(F)cc1)C(C)C. The Labute approximate surface area is 178 Å². The van der Waals surface area contributed by atoms with Gasteiger partial charge in [0.2, 0.25) is 5.91 Å². The Balaban J connectivity index is 2.04. The van der Waals surface area contributed by atoms with Crippen LogP contribution in [0.25, 0.3) is 0 Å². The minimum absolute atomic E-state index is 0.0969. The van der Waals surface area contributed by atoms with Crippen LogP contribution >= 0.6 is 0 Å². The van der Waals surface area contributed by atoms with E-state index in [4.69, 9.17) is 0 Å². The number of nitrogens with one attached hydrogen (secondary N) is 2. The Hall–Kier alpha value is -2.73. The summed E-state index contributed by atoms with van der Waals surface area (Å²) in [6, 6.07) is 12.6. The smallest absolute Gasteiger partial charge is 0.251 e. The van der Waals surface area contributed by atoms with Crippen LogP contribution in [0.15, 0.2) is 48.5 Å². The summed E-state index contributed by atoms with van der Waals surface area (Å²) in [5.41, 5.74) is 2.56. The monoisotopic (exact) mass is 413 g/mol. The van der Waals surface area contributed by atoms with Crippen molar-refractivity contribution in [3.63, 3.8) is 0 Å². The van der Waals surface area contributed by atoms with Crippen LogP contribution in [0, 0.1) is 11.7 Å². The molecular weight excluding hydrogens is 381 g/mol. The number of carbonyl (C=O) groups excluding carboxylic acids is 2. The second kappa shape index (κ2) is 11.5. The van der Waals surface area contributed by atoms with Crippen LogP contribution in [0.1, 0.15) is 49.2 Å². The van der Waals surface area contributed by atoms with E-state index in [0.29, 0.717) is 12.1 Å². The van der Waals surface area contributed by atoms with Gasteiger partial charge < -0.3 is 10.6 Å². The molecule has 2 aromatic rings. The molecule has 30 heavy (non-hydrogen) atoms. The number of rotatable bonds is 10. The average Bonchev–Trinajstić information content (AvgIpc) is 2.74. The van der Waals surface area contributed by atoms with Crippen molar-refractivity contribution in [3.8, 4) is 0 Å². The molecule has 2 aromatic carbocycles. The number of nitrogens with zero attached hydrogens (tertiary/aromatic N) is 1. The summed E-state index contributed by atoms with van der Waals surface area (Å²) in [5.74, 6) is -1.14. The molecule has 2 amide bonds. The summed E-state index contributed by atoms with van der Waals surface area (Å²) < 4.78 is 13.1. The van der Waals surface area contributed by atoms with E-state index in [0.717, 1.165) is 25.2 Å². The molecule has 0 radical (unpaired) electrons. The summed E-state index contributed by atoms with van der Waals surface area (Å²) in [6.45, 7) is 11.2. The van der Waals surface area contributed by atoms with Crippen molar-refractivity contribution in [2.45, 2.75) is 46.8 Å². The van der Waals surface area contributed by atoms with E-state index < -0.39 is 17.8 Å². The lowest BCUT2D eigenvalue weighted by Crippen LogP contribution is -2.49. The number of amides is 2. The highest BCUT2D eigenvalue weighted by Crippen LogP contribution is 2.13. The third-order valence-electron chi connectivity index (χ3n) is 5.20. The van der Waals surface area contributed by atoms with Crippen molar-refractivity contribution >= 4 is 11.8 Å². The summed E-state index contributed by atoms with van der Waals surface area (Å²) in [7, 11) is 0. The van der Waals surface area contributed by atoms with Gasteiger partial charge in [-0.1, -0.05) is 52.0 Å². The lowest BCUT2D eigenvalue weighted by Gasteiger charge is -2.23. The quantitative estimate of drug-likeness (QED) is 0.624. The maximum atomic E-state index is 13.1. The van der Waals surface area contributed by atoms with Gasteiger partial charge in [0, 0.05) is 18.7 Å². The van der Waals surface area contributed by atoms with Crippen molar-refractivity contribution < 1.29 is 14.0 Å². The van der Waals surface area contributed by atoms with E-state index in [1.807, 2.05) is 32.0 Å². The molecule has 6 heteroatoms. The van der Waals surface area contributed by atoms with E-state index in [-0.39, 0.29) is 11.8 Å². The van der Waals surface area contributed by atoms with Gasteiger partial charge in [0.15, 0.2) is 0 Å². The Morgan fingerprint density at radius 1 is 0.967 bits per heavy atom. The van der Waals surface area contributed by atoms with E-state index in [2.05, 4.69) is 35.4 Å². The molecule has 2 N–H and O–H groups in total. The molecule has 2 rings (SSSR count). The van der Waals surface area contributed by atoms with Crippen LogP contribution < -0.4 is 10.6 Å². The molecule has 0 unspecified atom stereocenters. The number of halogens is 1. The molecule has 1 atom stereocenters. The van der Waals surface area contributed by atoms with Gasteiger partial charge in [-0.05, 0) is 54.4 Å². The Kier molecular flexibility index (Phi) is 8.99. The van der Waals surface area contributed by atoms with Crippen molar-refractivity contribution in [1.29, 1.82) is 0 Å². The topological polar surface area (TPSA) is 61.4 Å². The van der Waals surface area contributed by atoms with Crippen molar-refractivity contribution in [3.05, 3.63) is 71.0 Å². The summed E-state index contributed by atoms with van der Waals surface area (Å²) >= 11 is 0. The largest absolute Gasteiger partial charge is 0.350 e. The Morgan fingerprint density at radius 2 is 1.57 bits per heavy atom. The van der Waals surface area contributed by atoms with Crippen LogP contribution in [-0.2, 0) is 17.9 Å². The van der Waals surface area contributed by atoms with Gasteiger partial charge in [0.1, 0.15) is 11.9 Å². The molecule has 0 aromatic heterocycles. The zero-order valence-electron chi connectivity index (χ0n) is 18.2. The molecule has 0 heterocycles. The van der Waals surface area contributed by atoms with Gasteiger partial charge >= 0.3 is 0 Å². The van der Waals surface area contributed by atoms with E-state index in [1.165, 1.54) is 29.8 Å². The van der Waals surface area contributed by atoms with Gasteiger partial charge in [-0.25, -0.2) is 4.39 Å². The molecule has 0 aliphatic carbocycles. The molecule has 0 aliphatic rings. The second-order valence-corrected chi connectivity index (χ2v) is 7.65. The fraction of sp³-hybridized carbons (Fsp3) is 0.417. The highest BCUT2D eigenvalue weighted by atomic mass is 19.1. The molecule has 0 bridgehead atoms. The van der Waals surface area contributed by atoms with Crippen molar-refractivity contribution in [2.24, 2.45) is 5.92 Å². The van der Waals surface area contributed by atoms with E-state index >= 15 is 0 Å². The number of benzene rings is 2. The maximum absolute atomic E-state index is 13.1. The van der Waals surface area contributed by atoms with Crippen LogP contribution in [0.3, 0.4) is 0 Å². The molecule has 5 nitrogen and oxygen atoms in total. The zero-order chi connectivity index (χ0) is 22.1. The molecule has 0 aliphatic heterocycles. The minimum atomic E-state index is -0.683. The third-order valence-corrected chi connectivity index (χ3v) is 5.20. The third kappa shape index (κ3) is 6.66. The Bertz CT molecular complexity index is 833. The first-order valence-electron chi connectivity index (χ1n) is 10.5. The molecule has 0 fully saturated rings. The van der Waals surface area contributed by atoms with Gasteiger partial charge in [-0.3, -0.25) is 14.5 Å². The zero-order valence-corrected chi connectivity index (χ0v) is 18.2. The second-order valence-electron chi connectivity index (χ2n) is 7.65. The highest BCUT2D eigenvalue weighted by molar-refractivity contribution is 5.97. The first-order valence-corrected chi connectivity index (χ1v) is 10.5. The normalized spacial score (nSPS) is 12.1. The predicted molar refractivity (Wildman–Crippen MR) is 117 cm³/mol. The molecule has 0 saturated heterocycles. The van der Waals surface area contributed by atoms with E-state index in [1.54, 1.807) is 0 Å². The van der Waals surface area contributed by atoms with Gasteiger partial charge in [0.05, 0.1) is 0 Å². The minimum Gasteiger partial charge on any atom is -0.350 e. The van der Waals surface area contributed by atoms with Crippen molar-refractivity contribution in [1.82, 2.24) is 15.5 Å². The number of hydrogen-bond acceptors (Lipinski definition) is 3. The van der Waals surface area contributed by atoms with Crippen molar-refractivity contribution in [2.75, 3.05) is 13.1 Å². The molecule has 0 saturated carbocycles. The standard InChI is InChI=1S/C24H32FN3O2/c1-5-28(6-2)16-20-10-8-7-9-19(20)15-26-24(30)22(17(3)4)27-23(29)18-11-13-21(25)14-12-18/h7-14,17,22H,5-6,15-16H2,1-4H3,(H,26,30)(H,27,29)/t22-/m0/s1. The van der Waals surface area contributed by atoms with Crippen LogP contribution in [0.5, 0.6) is 0 Å². The maximum Gasteiger partial charge on any atom is 0.251 e. The van der Waals surface area contributed by atoms with Gasteiger partial charge in [-0.2, -0.15) is 0 Å². The molecule has 0 spiro atoms. The molecule has 162 valence electrons. The van der Waals surface area contributed by atoms with Gasteiger partial charge in [-0.15, -0.1) is 0 Å². The summed E-state index contributed by atoms with van der Waals surface area (Å²) in [5, 5.41) is 5.74. The average molecular weight is 414 g/mol.